The molecule has 0 aromatic carbocycles. The Bertz CT molecular complexity index is 1950. The first-order valence-electron chi connectivity index (χ1n) is 36.2. The highest BCUT2D eigenvalue weighted by atomic mass is 31.2. The fourth-order valence-electron chi connectivity index (χ4n) is 9.96. The predicted octanol–water partition coefficient (Wildman–Crippen LogP) is 22.9. The van der Waals surface area contributed by atoms with Gasteiger partial charge in [0.1, 0.15) is 13.2 Å². The lowest BCUT2D eigenvalue weighted by atomic mass is 10.0. The lowest BCUT2D eigenvalue weighted by Gasteiger charge is -2.29. The van der Waals surface area contributed by atoms with Crippen molar-refractivity contribution < 1.29 is 32.9 Å². The minimum Gasteiger partial charge on any atom is -0.756 e. The zero-order chi connectivity index (χ0) is 64.1. The van der Waals surface area contributed by atoms with Crippen LogP contribution in [-0.4, -0.2) is 68.5 Å². The second-order valence-corrected chi connectivity index (χ2v) is 26.6. The Morgan fingerprint density at radius 2 is 0.705 bits per heavy atom. The zero-order valence-electron chi connectivity index (χ0n) is 57.6. The molecule has 0 bridgehead atoms. The Hall–Kier alpha value is -3.62. The number of quaternary nitrogens is 1. The van der Waals surface area contributed by atoms with Crippen molar-refractivity contribution in [2.24, 2.45) is 0 Å². The van der Waals surface area contributed by atoms with Crippen LogP contribution in [0.4, 0.5) is 0 Å². The van der Waals surface area contributed by atoms with Crippen LogP contribution in [0, 0.1) is 0 Å². The predicted molar refractivity (Wildman–Crippen MR) is 385 cm³/mol. The number of rotatable bonds is 65. The number of carbonyl (C=O) groups excluding carboxylic acids is 1. The van der Waals surface area contributed by atoms with E-state index in [9.17, 15) is 19.4 Å². The summed E-state index contributed by atoms with van der Waals surface area (Å²) in [5.41, 5.74) is 0. The highest BCUT2D eigenvalue weighted by Crippen LogP contribution is 2.38. The Morgan fingerprint density at radius 1 is 0.409 bits per heavy atom. The van der Waals surface area contributed by atoms with Crippen LogP contribution in [0.25, 0.3) is 0 Å². The monoisotopic (exact) mass is 1240 g/mol. The van der Waals surface area contributed by atoms with Crippen molar-refractivity contribution in [2.75, 3.05) is 40.9 Å². The van der Waals surface area contributed by atoms with E-state index >= 15 is 0 Å². The lowest BCUT2D eigenvalue weighted by molar-refractivity contribution is -0.870. The lowest BCUT2D eigenvalue weighted by Crippen LogP contribution is -2.45. The van der Waals surface area contributed by atoms with E-state index in [0.29, 0.717) is 17.4 Å². The molecule has 0 aromatic rings. The van der Waals surface area contributed by atoms with Crippen molar-refractivity contribution in [3.63, 3.8) is 0 Å². The molecule has 2 N–H and O–H groups in total. The number of nitrogens with one attached hydrogen (secondary N) is 1. The molecule has 8 nitrogen and oxygen atoms in total. The van der Waals surface area contributed by atoms with Gasteiger partial charge in [-0.2, -0.15) is 0 Å². The molecule has 1 amide bonds. The molecule has 0 spiro atoms. The summed E-state index contributed by atoms with van der Waals surface area (Å²) in [6, 6.07) is -0.920. The van der Waals surface area contributed by atoms with Crippen LogP contribution in [0.1, 0.15) is 296 Å². The van der Waals surface area contributed by atoms with Gasteiger partial charge < -0.3 is 28.8 Å². The number of hydrogen-bond donors (Lipinski definition) is 2. The van der Waals surface area contributed by atoms with Gasteiger partial charge in [0.2, 0.25) is 5.91 Å². The van der Waals surface area contributed by atoms with Crippen molar-refractivity contribution >= 4 is 13.7 Å². The van der Waals surface area contributed by atoms with Gasteiger partial charge in [0.05, 0.1) is 39.9 Å². The van der Waals surface area contributed by atoms with E-state index in [1.165, 1.54) is 161 Å². The first-order chi connectivity index (χ1) is 43.0. The van der Waals surface area contributed by atoms with E-state index in [2.05, 4.69) is 153 Å². The number of nitrogens with zero attached hydrogens (tertiary/aromatic N) is 1. The maximum absolute atomic E-state index is 13.0. The summed E-state index contributed by atoms with van der Waals surface area (Å²) in [4.78, 5) is 25.6. The summed E-state index contributed by atoms with van der Waals surface area (Å²) in [5.74, 6) is -0.219. The molecule has 0 aliphatic rings. The van der Waals surface area contributed by atoms with Crippen molar-refractivity contribution in [1.29, 1.82) is 0 Å². The summed E-state index contributed by atoms with van der Waals surface area (Å²) in [6.45, 7) is 4.52. The van der Waals surface area contributed by atoms with Crippen LogP contribution < -0.4 is 10.2 Å². The van der Waals surface area contributed by atoms with Crippen LogP contribution in [-0.2, 0) is 18.4 Å². The molecule has 9 heteroatoms. The molecule has 0 fully saturated rings. The molecule has 0 saturated heterocycles. The van der Waals surface area contributed by atoms with Crippen LogP contribution in [0.2, 0.25) is 0 Å². The number of allylic oxidation sites excluding steroid dienone is 23. The van der Waals surface area contributed by atoms with E-state index in [4.69, 9.17) is 9.05 Å². The number of hydrogen-bond acceptors (Lipinski definition) is 6. The third kappa shape index (κ3) is 69.8. The molecule has 0 aromatic heterocycles. The maximum Gasteiger partial charge on any atom is 0.268 e. The number of phosphoric acid groups is 1. The second-order valence-electron chi connectivity index (χ2n) is 25.2. The van der Waals surface area contributed by atoms with E-state index < -0.39 is 26.6 Å². The normalized spacial score (nSPS) is 14.5. The minimum absolute atomic E-state index is 0.0148. The Kier molecular flexibility index (Phi) is 65.0. The summed E-state index contributed by atoms with van der Waals surface area (Å²) in [5, 5.41) is 13.9. The Labute approximate surface area is 544 Å². The van der Waals surface area contributed by atoms with Crippen molar-refractivity contribution in [3.05, 3.63) is 146 Å². The minimum atomic E-state index is -4.63. The molecule has 0 aliphatic carbocycles. The first-order valence-corrected chi connectivity index (χ1v) is 37.7. The van der Waals surface area contributed by atoms with Crippen LogP contribution >= 0.6 is 7.82 Å². The number of phosphoric ester groups is 1. The fourth-order valence-corrected chi connectivity index (χ4v) is 10.7. The topological polar surface area (TPSA) is 108 Å². The summed E-state index contributed by atoms with van der Waals surface area (Å²) < 4.78 is 23.4. The second kappa shape index (κ2) is 67.8. The fraction of sp³-hybridized carbons (Fsp3) is 0.684. The van der Waals surface area contributed by atoms with Gasteiger partial charge in [-0.3, -0.25) is 9.36 Å². The average molecular weight is 1240 g/mol. The highest BCUT2D eigenvalue weighted by molar-refractivity contribution is 7.45. The summed E-state index contributed by atoms with van der Waals surface area (Å²) >= 11 is 0. The molecule has 88 heavy (non-hydrogen) atoms. The van der Waals surface area contributed by atoms with E-state index in [1.807, 2.05) is 27.2 Å². The van der Waals surface area contributed by atoms with Crippen LogP contribution in [0.5, 0.6) is 0 Å². The molecule has 0 saturated carbocycles. The van der Waals surface area contributed by atoms with Gasteiger partial charge in [0.15, 0.2) is 0 Å². The van der Waals surface area contributed by atoms with Crippen molar-refractivity contribution in [3.8, 4) is 0 Å². The van der Waals surface area contributed by atoms with Crippen molar-refractivity contribution in [2.45, 2.75) is 309 Å². The van der Waals surface area contributed by atoms with E-state index in [0.717, 1.165) is 116 Å². The third-order valence-electron chi connectivity index (χ3n) is 15.5. The molecular weight excluding hydrogens is 1100 g/mol. The quantitative estimate of drug-likeness (QED) is 0.0272. The van der Waals surface area contributed by atoms with E-state index in [1.54, 1.807) is 6.08 Å². The summed E-state index contributed by atoms with van der Waals surface area (Å²) in [7, 11) is 1.22. The number of aliphatic hydroxyl groups excluding tert-OH is 1. The average Bonchev–Trinajstić information content (AvgIpc) is 3.70. The zero-order valence-corrected chi connectivity index (χ0v) is 58.5. The van der Waals surface area contributed by atoms with E-state index in [-0.39, 0.29) is 12.5 Å². The van der Waals surface area contributed by atoms with Gasteiger partial charge in [-0.05, 0) is 109 Å². The third-order valence-corrected chi connectivity index (χ3v) is 16.5. The van der Waals surface area contributed by atoms with Gasteiger partial charge >= 0.3 is 0 Å². The highest BCUT2D eigenvalue weighted by Gasteiger charge is 2.23. The summed E-state index contributed by atoms with van der Waals surface area (Å²) in [6.07, 6.45) is 104. The van der Waals surface area contributed by atoms with Gasteiger partial charge in [0.25, 0.3) is 7.82 Å². The number of likely N-dealkylation sites (N-methyl/N-ethyl adjacent to an activating group) is 1. The van der Waals surface area contributed by atoms with Crippen LogP contribution in [0.3, 0.4) is 0 Å². The van der Waals surface area contributed by atoms with Crippen molar-refractivity contribution in [1.82, 2.24) is 5.32 Å². The molecule has 0 radical (unpaired) electrons. The van der Waals surface area contributed by atoms with Gasteiger partial charge in [0, 0.05) is 6.42 Å². The Morgan fingerprint density at radius 3 is 1.06 bits per heavy atom. The first kappa shape index (κ1) is 84.4. The number of aliphatic hydroxyl groups is 1. The molecule has 0 rings (SSSR count). The van der Waals surface area contributed by atoms with Gasteiger partial charge in [-0.1, -0.05) is 327 Å². The maximum atomic E-state index is 13.0. The van der Waals surface area contributed by atoms with Gasteiger partial charge in [-0.25, -0.2) is 0 Å². The largest absolute Gasteiger partial charge is 0.756 e. The van der Waals surface area contributed by atoms with Gasteiger partial charge in [-0.15, -0.1) is 0 Å². The number of amides is 1. The molecule has 0 aliphatic heterocycles. The molecule has 0 heterocycles. The number of carbonyl (C=O) groups is 1. The number of unbranched alkanes of at least 4 members (excludes halogenated alkanes) is 30. The SMILES string of the molecule is CC/C=C\C/C=C\C/C=C\C/C=C\C/C=C\C/C=C\C/C=C\C/C=C\C/C=C\C/C=C\CCCCCCCCCCC(=O)NC(COP(=O)([O-])OCC[N+](C)(C)C)C(O)/C=C/CC/C=C/CCCCCCCCCCCCCCCCCCCCCCC. The molecule has 3 atom stereocenters. The Balaban J connectivity index is 4.17. The molecule has 3 unspecified atom stereocenters. The standard InChI is InChI=1S/C79H137N2O6P/c1-6-8-10-12-14-16-18-20-22-24-26-28-30-32-34-35-36-37-38-39-40-41-42-43-44-45-47-49-51-53-55-57-59-61-63-65-67-69-71-73-79(83)80-77(76-87-88(84,85)86-75-74-81(3,4)5)78(82)72-70-68-66-64-62-60-58-56-54-52-50-48-46-33-31-29-27-25-23-21-19-17-15-13-11-9-7-2/h8,10,14,16,20,22,26,28,32,34,36-37,39-40,42-43,45,47,51,53,62,64,70,72,77-78,82H,6-7,9,11-13,15,17-19,21,23-25,27,29-31,33,35,38,41,44,46,48-50,52,54-61,63,65-69,71,73-76H2,1-5H3,(H-,80,83,84,85)/b10-8-,16-14-,22-20-,28-26-,34-32-,37-36-,40-39-,43-42-,47-45-,53-51-,64-62+,72-70+. The smallest absolute Gasteiger partial charge is 0.268 e. The van der Waals surface area contributed by atoms with Crippen LogP contribution in [0.15, 0.2) is 146 Å². The molecule has 504 valence electrons. The molecular formula is C79H137N2O6P.